The van der Waals surface area contributed by atoms with Gasteiger partial charge in [-0.2, -0.15) is 5.10 Å². The number of anilines is 1. The third-order valence-electron chi connectivity index (χ3n) is 2.90. The number of hydrogen-bond donors (Lipinski definition) is 3. The molecule has 0 aromatic carbocycles. The number of hydrazine groups is 1. The molecule has 0 saturated carbocycles. The molecule has 0 aliphatic rings. The van der Waals surface area contributed by atoms with E-state index in [9.17, 15) is 4.79 Å². The van der Waals surface area contributed by atoms with Crippen molar-refractivity contribution >= 4 is 11.7 Å². The molecule has 7 nitrogen and oxygen atoms in total. The molecular formula is C12H24N6O. The van der Waals surface area contributed by atoms with E-state index in [1.54, 1.807) is 4.68 Å². The first-order valence-corrected chi connectivity index (χ1v) is 6.43. The molecule has 19 heavy (non-hydrogen) atoms. The van der Waals surface area contributed by atoms with Crippen molar-refractivity contribution < 1.29 is 4.79 Å². The minimum Gasteiger partial charge on any atom is -0.355 e. The minimum absolute atomic E-state index is 0.0353. The molecule has 1 heterocycles. The summed E-state index contributed by atoms with van der Waals surface area (Å²) in [5.41, 5.74) is 4.57. The van der Waals surface area contributed by atoms with Crippen molar-refractivity contribution in [2.45, 2.75) is 26.8 Å². The lowest BCUT2D eigenvalue weighted by atomic mass is 10.2. The van der Waals surface area contributed by atoms with Crippen LogP contribution >= 0.6 is 0 Å². The van der Waals surface area contributed by atoms with E-state index in [4.69, 9.17) is 5.84 Å². The monoisotopic (exact) mass is 268 g/mol. The van der Waals surface area contributed by atoms with Crippen LogP contribution in [0.3, 0.4) is 0 Å². The van der Waals surface area contributed by atoms with Crippen LogP contribution in [-0.2, 0) is 18.4 Å². The SMILES string of the molecule is CCCNC(=O)CN(C)Cc1c(C)nn(C)c1NN. The van der Waals surface area contributed by atoms with Gasteiger partial charge >= 0.3 is 0 Å². The standard InChI is InChI=1S/C12H24N6O/c1-5-6-14-11(19)8-17(3)7-10-9(2)16-18(4)12(10)15-13/h15H,5-8,13H2,1-4H3,(H,14,19). The number of hydrogen-bond acceptors (Lipinski definition) is 5. The van der Waals surface area contributed by atoms with Gasteiger partial charge in [-0.25, -0.2) is 5.84 Å². The number of rotatable bonds is 7. The highest BCUT2D eigenvalue weighted by Crippen LogP contribution is 2.18. The number of aromatic nitrogens is 2. The number of nitrogens with two attached hydrogens (primary N) is 1. The van der Waals surface area contributed by atoms with E-state index in [1.807, 2.05) is 32.8 Å². The fraction of sp³-hybridized carbons (Fsp3) is 0.667. The van der Waals surface area contributed by atoms with Crippen LogP contribution in [0.25, 0.3) is 0 Å². The molecule has 4 N–H and O–H groups in total. The molecule has 0 atom stereocenters. The van der Waals surface area contributed by atoms with Gasteiger partial charge in [0.25, 0.3) is 0 Å². The summed E-state index contributed by atoms with van der Waals surface area (Å²) in [7, 11) is 3.73. The summed E-state index contributed by atoms with van der Waals surface area (Å²) >= 11 is 0. The lowest BCUT2D eigenvalue weighted by Gasteiger charge is -2.17. The van der Waals surface area contributed by atoms with E-state index in [0.717, 1.165) is 23.5 Å². The zero-order chi connectivity index (χ0) is 14.4. The molecule has 0 saturated heterocycles. The first-order valence-electron chi connectivity index (χ1n) is 6.43. The Morgan fingerprint density at radius 1 is 1.53 bits per heavy atom. The predicted octanol–water partition coefficient (Wildman–Crippen LogP) is -0.0279. The first kappa shape index (κ1) is 15.5. The highest BCUT2D eigenvalue weighted by molar-refractivity contribution is 5.77. The summed E-state index contributed by atoms with van der Waals surface area (Å²) in [5.74, 6) is 6.31. The van der Waals surface area contributed by atoms with Gasteiger partial charge in [-0.15, -0.1) is 0 Å². The summed E-state index contributed by atoms with van der Waals surface area (Å²) < 4.78 is 1.70. The van der Waals surface area contributed by atoms with E-state index in [-0.39, 0.29) is 5.91 Å². The maximum atomic E-state index is 11.6. The minimum atomic E-state index is 0.0353. The van der Waals surface area contributed by atoms with Crippen LogP contribution in [0.5, 0.6) is 0 Å². The molecular weight excluding hydrogens is 244 g/mol. The molecule has 0 fully saturated rings. The molecule has 1 amide bonds. The second-order valence-corrected chi connectivity index (χ2v) is 4.70. The summed E-state index contributed by atoms with van der Waals surface area (Å²) in [4.78, 5) is 13.6. The van der Waals surface area contributed by atoms with Crippen LogP contribution in [0, 0.1) is 6.92 Å². The van der Waals surface area contributed by atoms with Gasteiger partial charge in [0.1, 0.15) is 5.82 Å². The van der Waals surface area contributed by atoms with Crippen molar-refractivity contribution in [3.8, 4) is 0 Å². The molecule has 0 aliphatic heterocycles. The van der Waals surface area contributed by atoms with Gasteiger partial charge < -0.3 is 10.7 Å². The average molecular weight is 268 g/mol. The second-order valence-electron chi connectivity index (χ2n) is 4.70. The van der Waals surface area contributed by atoms with Gasteiger partial charge in [0.05, 0.1) is 12.2 Å². The van der Waals surface area contributed by atoms with Crippen LogP contribution in [-0.4, -0.2) is 40.7 Å². The van der Waals surface area contributed by atoms with E-state index >= 15 is 0 Å². The Bertz CT molecular complexity index is 428. The van der Waals surface area contributed by atoms with E-state index in [2.05, 4.69) is 15.8 Å². The summed E-state index contributed by atoms with van der Waals surface area (Å²) in [5, 5.41) is 7.17. The van der Waals surface area contributed by atoms with Gasteiger partial charge in [0.15, 0.2) is 0 Å². The highest BCUT2D eigenvalue weighted by Gasteiger charge is 2.15. The number of nitrogen functional groups attached to an aromatic ring is 1. The number of aryl methyl sites for hydroxylation is 2. The number of carbonyl (C=O) groups excluding carboxylic acids is 1. The molecule has 0 bridgehead atoms. The number of nitrogens with one attached hydrogen (secondary N) is 2. The van der Waals surface area contributed by atoms with Crippen LogP contribution in [0.2, 0.25) is 0 Å². The molecule has 1 aromatic rings. The first-order chi connectivity index (χ1) is 8.99. The Labute approximate surface area is 114 Å². The van der Waals surface area contributed by atoms with Crippen molar-refractivity contribution in [2.75, 3.05) is 25.6 Å². The number of amides is 1. The lowest BCUT2D eigenvalue weighted by molar-refractivity contribution is -0.122. The molecule has 0 radical (unpaired) electrons. The fourth-order valence-electron chi connectivity index (χ4n) is 1.96. The zero-order valence-electron chi connectivity index (χ0n) is 12.2. The Morgan fingerprint density at radius 3 is 2.79 bits per heavy atom. The lowest BCUT2D eigenvalue weighted by Crippen LogP contribution is -2.35. The molecule has 108 valence electrons. The fourth-order valence-corrected chi connectivity index (χ4v) is 1.96. The molecule has 1 aromatic heterocycles. The van der Waals surface area contributed by atoms with Gasteiger partial charge in [-0.3, -0.25) is 14.4 Å². The molecule has 0 aliphatic carbocycles. The van der Waals surface area contributed by atoms with Crippen molar-refractivity contribution in [1.29, 1.82) is 0 Å². The Hall–Kier alpha value is -1.60. The van der Waals surface area contributed by atoms with Crippen molar-refractivity contribution in [3.05, 3.63) is 11.3 Å². The second kappa shape index (κ2) is 7.10. The Kier molecular flexibility index (Phi) is 5.78. The largest absolute Gasteiger partial charge is 0.355 e. The number of likely N-dealkylation sites (N-methyl/N-ethyl adjacent to an activating group) is 1. The average Bonchev–Trinajstić information content (AvgIpc) is 2.61. The third-order valence-corrected chi connectivity index (χ3v) is 2.90. The van der Waals surface area contributed by atoms with E-state index in [0.29, 0.717) is 19.6 Å². The summed E-state index contributed by atoms with van der Waals surface area (Å²) in [6, 6.07) is 0. The Balaban J connectivity index is 2.61. The molecule has 0 unspecified atom stereocenters. The normalized spacial score (nSPS) is 10.8. The van der Waals surface area contributed by atoms with Gasteiger partial charge in [0.2, 0.25) is 5.91 Å². The Morgan fingerprint density at radius 2 is 2.21 bits per heavy atom. The zero-order valence-corrected chi connectivity index (χ0v) is 12.2. The number of nitrogens with zero attached hydrogens (tertiary/aromatic N) is 3. The maximum Gasteiger partial charge on any atom is 0.234 e. The number of carbonyl (C=O) groups is 1. The van der Waals surface area contributed by atoms with Crippen LogP contribution < -0.4 is 16.6 Å². The summed E-state index contributed by atoms with van der Waals surface area (Å²) in [6.07, 6.45) is 0.943. The predicted molar refractivity (Wildman–Crippen MR) is 75.4 cm³/mol. The third kappa shape index (κ3) is 4.22. The smallest absolute Gasteiger partial charge is 0.234 e. The van der Waals surface area contributed by atoms with Crippen LogP contribution in [0.1, 0.15) is 24.6 Å². The van der Waals surface area contributed by atoms with Gasteiger partial charge in [0, 0.05) is 25.7 Å². The quantitative estimate of drug-likeness (QED) is 0.477. The maximum absolute atomic E-state index is 11.6. The van der Waals surface area contributed by atoms with Crippen LogP contribution in [0.4, 0.5) is 5.82 Å². The van der Waals surface area contributed by atoms with Gasteiger partial charge in [-0.05, 0) is 20.4 Å². The molecule has 7 heteroatoms. The highest BCUT2D eigenvalue weighted by atomic mass is 16.2. The topological polar surface area (TPSA) is 88.2 Å². The van der Waals surface area contributed by atoms with Crippen molar-refractivity contribution in [3.63, 3.8) is 0 Å². The molecule has 0 spiro atoms. The van der Waals surface area contributed by atoms with Gasteiger partial charge in [-0.1, -0.05) is 6.92 Å². The van der Waals surface area contributed by atoms with Crippen molar-refractivity contribution in [2.24, 2.45) is 12.9 Å². The molecule has 1 rings (SSSR count). The summed E-state index contributed by atoms with van der Waals surface area (Å²) in [6.45, 7) is 5.66. The van der Waals surface area contributed by atoms with E-state index < -0.39 is 0 Å². The van der Waals surface area contributed by atoms with Crippen LogP contribution in [0.15, 0.2) is 0 Å². The van der Waals surface area contributed by atoms with Crippen molar-refractivity contribution in [1.82, 2.24) is 20.0 Å². The van der Waals surface area contributed by atoms with E-state index in [1.165, 1.54) is 0 Å².